The molecule has 1 saturated heterocycles. The van der Waals surface area contributed by atoms with Gasteiger partial charge in [-0.25, -0.2) is 9.67 Å². The number of carbonyl (C=O) groups is 2. The van der Waals surface area contributed by atoms with Gasteiger partial charge in [0.15, 0.2) is 29.4 Å². The van der Waals surface area contributed by atoms with Crippen molar-refractivity contribution < 1.29 is 24.0 Å². The summed E-state index contributed by atoms with van der Waals surface area (Å²) in [5, 5.41) is 31.0. The van der Waals surface area contributed by atoms with Crippen molar-refractivity contribution in [3.8, 4) is 11.8 Å². The molecule has 1 fully saturated rings. The lowest BCUT2D eigenvalue weighted by Gasteiger charge is -2.36. The number of benzene rings is 1. The number of nitrogens with one attached hydrogen (secondary N) is 1. The van der Waals surface area contributed by atoms with E-state index in [2.05, 4.69) is 20.6 Å². The maximum atomic E-state index is 13.2. The van der Waals surface area contributed by atoms with Gasteiger partial charge in [-0.1, -0.05) is 5.16 Å². The summed E-state index contributed by atoms with van der Waals surface area (Å²) < 4.78 is 12.2. The molecule has 3 aromatic heterocycles. The number of nitriles is 1. The van der Waals surface area contributed by atoms with Crippen molar-refractivity contribution in [3.63, 3.8) is 0 Å². The topological polar surface area (TPSA) is 185 Å². The Kier molecular flexibility index (Phi) is 5.80. The van der Waals surface area contributed by atoms with Crippen molar-refractivity contribution in [1.82, 2.24) is 19.9 Å². The molecular formula is C23H20N8O5. The predicted molar refractivity (Wildman–Crippen MR) is 126 cm³/mol. The number of fused-ring (bicyclic) bond motifs is 1. The molecule has 1 aromatic carbocycles. The van der Waals surface area contributed by atoms with Crippen LogP contribution in [0.2, 0.25) is 0 Å². The third kappa shape index (κ3) is 4.22. The Balaban J connectivity index is 1.33. The number of nitrogen functional groups attached to an aromatic ring is 1. The molecule has 36 heavy (non-hydrogen) atoms. The standard InChI is InChI=1S/C23H20N8O5/c1-12-11-30(18-5-7-31(28-18)15-4-6-26-14(8-15)10-24)23(34)20(35-12)19(32)22(33)27-13-2-3-16-17(9-13)36-29-21(16)25/h2-9,12,19-20,32H,11H2,1H3,(H2,25,29)(H,27,33). The van der Waals surface area contributed by atoms with Crippen LogP contribution in [0, 0.1) is 11.3 Å². The zero-order chi connectivity index (χ0) is 25.4. The number of aromatic nitrogens is 4. The summed E-state index contributed by atoms with van der Waals surface area (Å²) in [4.78, 5) is 31.3. The summed E-state index contributed by atoms with van der Waals surface area (Å²) in [5.74, 6) is -0.931. The fourth-order valence-corrected chi connectivity index (χ4v) is 3.88. The van der Waals surface area contributed by atoms with Crippen molar-refractivity contribution in [2.75, 3.05) is 22.5 Å². The number of aliphatic hydroxyl groups excluding tert-OH is 1. The van der Waals surface area contributed by atoms with Crippen molar-refractivity contribution in [2.45, 2.75) is 25.2 Å². The largest absolute Gasteiger partial charge is 0.380 e. The van der Waals surface area contributed by atoms with Crippen molar-refractivity contribution >= 4 is 40.1 Å². The van der Waals surface area contributed by atoms with E-state index >= 15 is 0 Å². The van der Waals surface area contributed by atoms with E-state index in [1.807, 2.05) is 6.07 Å². The number of nitrogens with two attached hydrogens (primary N) is 1. The first-order valence-electron chi connectivity index (χ1n) is 10.9. The number of rotatable bonds is 5. The number of amides is 2. The van der Waals surface area contributed by atoms with E-state index in [-0.39, 0.29) is 18.1 Å². The molecule has 0 spiro atoms. The summed E-state index contributed by atoms with van der Waals surface area (Å²) in [7, 11) is 0. The van der Waals surface area contributed by atoms with E-state index in [0.29, 0.717) is 28.2 Å². The molecule has 13 nitrogen and oxygen atoms in total. The highest BCUT2D eigenvalue weighted by atomic mass is 16.5. The zero-order valence-electron chi connectivity index (χ0n) is 18.9. The lowest BCUT2D eigenvalue weighted by Crippen LogP contribution is -2.58. The van der Waals surface area contributed by atoms with Crippen LogP contribution < -0.4 is 16.0 Å². The Morgan fingerprint density at radius 2 is 2.17 bits per heavy atom. The first-order valence-corrected chi connectivity index (χ1v) is 10.9. The summed E-state index contributed by atoms with van der Waals surface area (Å²) >= 11 is 0. The molecule has 1 aliphatic heterocycles. The minimum atomic E-state index is -1.79. The number of aliphatic hydroxyl groups is 1. The molecule has 0 radical (unpaired) electrons. The Morgan fingerprint density at radius 3 is 2.97 bits per heavy atom. The van der Waals surface area contributed by atoms with Crippen LogP contribution in [0.15, 0.2) is 53.3 Å². The molecule has 3 atom stereocenters. The Labute approximate surface area is 203 Å². The average molecular weight is 488 g/mol. The number of carbonyl (C=O) groups excluding carboxylic acids is 2. The van der Waals surface area contributed by atoms with Gasteiger partial charge in [-0.15, -0.1) is 5.10 Å². The number of pyridine rings is 1. The van der Waals surface area contributed by atoms with Gasteiger partial charge >= 0.3 is 0 Å². The smallest absolute Gasteiger partial charge is 0.260 e. The molecular weight excluding hydrogens is 468 g/mol. The molecule has 0 saturated carbocycles. The monoisotopic (exact) mass is 488 g/mol. The molecule has 1 aliphatic rings. The highest BCUT2D eigenvalue weighted by Crippen LogP contribution is 2.25. The van der Waals surface area contributed by atoms with Crippen LogP contribution in [0.4, 0.5) is 17.3 Å². The van der Waals surface area contributed by atoms with Gasteiger partial charge in [-0.05, 0) is 25.1 Å². The van der Waals surface area contributed by atoms with E-state index in [0.717, 1.165) is 0 Å². The number of morpholine rings is 1. The van der Waals surface area contributed by atoms with Crippen LogP contribution in [-0.4, -0.2) is 61.7 Å². The molecule has 182 valence electrons. The van der Waals surface area contributed by atoms with Gasteiger partial charge in [0, 0.05) is 36.3 Å². The van der Waals surface area contributed by atoms with Crippen LogP contribution in [0.5, 0.6) is 0 Å². The highest BCUT2D eigenvalue weighted by molar-refractivity contribution is 6.04. The van der Waals surface area contributed by atoms with Gasteiger partial charge in [-0.3, -0.25) is 14.5 Å². The first-order chi connectivity index (χ1) is 17.3. The molecule has 0 aliphatic carbocycles. The molecule has 5 rings (SSSR count). The fraction of sp³-hybridized carbons (Fsp3) is 0.217. The highest BCUT2D eigenvalue weighted by Gasteiger charge is 2.42. The summed E-state index contributed by atoms with van der Waals surface area (Å²) in [6.45, 7) is 1.89. The van der Waals surface area contributed by atoms with Crippen LogP contribution in [0.25, 0.3) is 16.7 Å². The summed E-state index contributed by atoms with van der Waals surface area (Å²) in [6, 6.07) is 11.5. The molecule has 4 aromatic rings. The van der Waals surface area contributed by atoms with E-state index in [1.165, 1.54) is 21.8 Å². The van der Waals surface area contributed by atoms with Crippen molar-refractivity contribution in [3.05, 3.63) is 54.5 Å². The van der Waals surface area contributed by atoms with E-state index in [1.54, 1.807) is 43.5 Å². The molecule has 3 unspecified atom stereocenters. The van der Waals surface area contributed by atoms with Crippen molar-refractivity contribution in [1.29, 1.82) is 5.26 Å². The second kappa shape index (κ2) is 9.10. The van der Waals surface area contributed by atoms with Crippen LogP contribution >= 0.6 is 0 Å². The molecule has 0 bridgehead atoms. The lowest BCUT2D eigenvalue weighted by molar-refractivity contribution is -0.156. The van der Waals surface area contributed by atoms with Gasteiger partial charge in [-0.2, -0.15) is 5.26 Å². The molecule has 4 heterocycles. The van der Waals surface area contributed by atoms with E-state index in [9.17, 15) is 14.7 Å². The minimum absolute atomic E-state index is 0.171. The SMILES string of the molecule is CC1CN(c2ccn(-c3ccnc(C#N)c3)n2)C(=O)C(C(O)C(=O)Nc2ccc3c(N)noc3c2)O1. The zero-order valence-corrected chi connectivity index (χ0v) is 18.9. The van der Waals surface area contributed by atoms with E-state index in [4.69, 9.17) is 20.3 Å². The number of hydrogen-bond acceptors (Lipinski definition) is 10. The number of anilines is 3. The Hall–Kier alpha value is -4.80. The van der Waals surface area contributed by atoms with Gasteiger partial charge in [0.25, 0.3) is 11.8 Å². The van der Waals surface area contributed by atoms with E-state index < -0.39 is 30.1 Å². The number of nitrogens with zero attached hydrogens (tertiary/aromatic N) is 6. The van der Waals surface area contributed by atoms with Gasteiger partial charge < -0.3 is 25.4 Å². The molecule has 4 N–H and O–H groups in total. The molecule has 13 heteroatoms. The second-order valence-corrected chi connectivity index (χ2v) is 8.16. The minimum Gasteiger partial charge on any atom is -0.380 e. The number of hydrogen-bond donors (Lipinski definition) is 3. The number of ether oxygens (including phenoxy) is 1. The van der Waals surface area contributed by atoms with Gasteiger partial charge in [0.2, 0.25) is 0 Å². The fourth-order valence-electron chi connectivity index (χ4n) is 3.88. The van der Waals surface area contributed by atoms with Crippen molar-refractivity contribution in [2.24, 2.45) is 0 Å². The third-order valence-electron chi connectivity index (χ3n) is 5.63. The Morgan fingerprint density at radius 1 is 1.33 bits per heavy atom. The third-order valence-corrected chi connectivity index (χ3v) is 5.63. The average Bonchev–Trinajstić information content (AvgIpc) is 3.52. The van der Waals surface area contributed by atoms with Crippen LogP contribution in [0.3, 0.4) is 0 Å². The summed E-state index contributed by atoms with van der Waals surface area (Å²) in [6.07, 6.45) is -0.616. The van der Waals surface area contributed by atoms with Gasteiger partial charge in [0.1, 0.15) is 11.8 Å². The lowest BCUT2D eigenvalue weighted by atomic mass is 10.1. The first kappa shape index (κ1) is 23.0. The maximum absolute atomic E-state index is 13.2. The quantitative estimate of drug-likeness (QED) is 0.366. The normalized spacial score (nSPS) is 18.7. The van der Waals surface area contributed by atoms with Crippen LogP contribution in [0.1, 0.15) is 12.6 Å². The maximum Gasteiger partial charge on any atom is 0.260 e. The Bertz CT molecular complexity index is 1510. The predicted octanol–water partition coefficient (Wildman–Crippen LogP) is 0.982. The molecule has 2 amide bonds. The summed E-state index contributed by atoms with van der Waals surface area (Å²) in [5.41, 5.74) is 7.19. The van der Waals surface area contributed by atoms with Crippen LogP contribution in [-0.2, 0) is 14.3 Å². The second-order valence-electron chi connectivity index (χ2n) is 8.16. The van der Waals surface area contributed by atoms with Gasteiger partial charge in [0.05, 0.1) is 23.7 Å².